The first-order valence-corrected chi connectivity index (χ1v) is 7.31. The minimum absolute atomic E-state index is 0.205. The van der Waals surface area contributed by atoms with Gasteiger partial charge < -0.3 is 0 Å². The van der Waals surface area contributed by atoms with Crippen LogP contribution in [0, 0.1) is 0 Å². The first-order chi connectivity index (χ1) is 8.72. The second kappa shape index (κ2) is 4.87. The summed E-state index contributed by atoms with van der Waals surface area (Å²) in [6.45, 7) is 0. The fourth-order valence-electron chi connectivity index (χ4n) is 2.39. The lowest BCUT2D eigenvalue weighted by molar-refractivity contribution is 0.0997. The maximum absolute atomic E-state index is 12.2. The van der Waals surface area contributed by atoms with Crippen LogP contribution in [0.5, 0.6) is 0 Å². The molecule has 0 fully saturated rings. The van der Waals surface area contributed by atoms with Crippen molar-refractivity contribution < 1.29 is 4.79 Å². The molecule has 92 valence electrons. The molecule has 1 nitrogen and oxygen atoms in total. The first kappa shape index (κ1) is 11.9. The van der Waals surface area contributed by atoms with Gasteiger partial charge in [-0.1, -0.05) is 23.7 Å². The molecule has 0 saturated carbocycles. The molecular formula is C15H13ClOS. The summed E-state index contributed by atoms with van der Waals surface area (Å²) in [5, 5.41) is 0.689. The van der Waals surface area contributed by atoms with Crippen LogP contribution in [0.15, 0.2) is 30.3 Å². The van der Waals surface area contributed by atoms with Gasteiger partial charge in [0.2, 0.25) is 0 Å². The third-order valence-electron chi connectivity index (χ3n) is 3.28. The molecule has 1 aromatic heterocycles. The molecule has 0 atom stereocenters. The number of carbonyl (C=O) groups is 1. The lowest BCUT2D eigenvalue weighted by atomic mass is 10.1. The van der Waals surface area contributed by atoms with E-state index in [1.807, 2.05) is 24.3 Å². The van der Waals surface area contributed by atoms with Crippen molar-refractivity contribution in [3.63, 3.8) is 0 Å². The van der Waals surface area contributed by atoms with Crippen LogP contribution in [0.25, 0.3) is 0 Å². The molecule has 1 heterocycles. The number of carbonyl (C=O) groups excluding carboxylic acids is 1. The van der Waals surface area contributed by atoms with Crippen LogP contribution < -0.4 is 0 Å². The monoisotopic (exact) mass is 276 g/mol. The van der Waals surface area contributed by atoms with Gasteiger partial charge in [0.1, 0.15) is 0 Å². The van der Waals surface area contributed by atoms with Crippen molar-refractivity contribution in [2.75, 3.05) is 0 Å². The number of hydrogen-bond donors (Lipinski definition) is 0. The Morgan fingerprint density at radius 2 is 2.17 bits per heavy atom. The molecule has 1 aliphatic rings. The van der Waals surface area contributed by atoms with Gasteiger partial charge in [-0.15, -0.1) is 11.3 Å². The third kappa shape index (κ3) is 2.36. The van der Waals surface area contributed by atoms with Crippen LogP contribution >= 0.6 is 22.9 Å². The Balaban J connectivity index is 1.78. The van der Waals surface area contributed by atoms with Gasteiger partial charge in [-0.3, -0.25) is 4.79 Å². The molecule has 0 radical (unpaired) electrons. The maximum Gasteiger partial charge on any atom is 0.177 e. The molecule has 0 aliphatic heterocycles. The predicted octanol–water partition coefficient (Wildman–Crippen LogP) is 4.32. The SMILES string of the molecule is O=C(Cc1cccc(Cl)c1)c1cc2c(s1)CCC2. The van der Waals surface area contributed by atoms with E-state index in [4.69, 9.17) is 11.6 Å². The standard InChI is InChI=1S/C15H13ClOS/c16-12-5-1-3-10(7-12)8-13(17)15-9-11-4-2-6-14(11)18-15/h1,3,5,7,9H,2,4,6,8H2. The normalized spacial score (nSPS) is 13.6. The van der Waals surface area contributed by atoms with Crippen LogP contribution in [0.1, 0.15) is 32.1 Å². The predicted molar refractivity (Wildman–Crippen MR) is 75.8 cm³/mol. The number of halogens is 1. The summed E-state index contributed by atoms with van der Waals surface area (Å²) < 4.78 is 0. The topological polar surface area (TPSA) is 17.1 Å². The highest BCUT2D eigenvalue weighted by Gasteiger charge is 2.18. The fraction of sp³-hybridized carbons (Fsp3) is 0.267. The molecule has 1 aromatic carbocycles. The number of fused-ring (bicyclic) bond motifs is 1. The van der Waals surface area contributed by atoms with Gasteiger partial charge in [0.25, 0.3) is 0 Å². The highest BCUT2D eigenvalue weighted by Crippen LogP contribution is 2.31. The van der Waals surface area contributed by atoms with E-state index in [2.05, 4.69) is 6.07 Å². The zero-order valence-electron chi connectivity index (χ0n) is 9.91. The average Bonchev–Trinajstić information content (AvgIpc) is 2.88. The van der Waals surface area contributed by atoms with Gasteiger partial charge in [-0.05, 0) is 48.6 Å². The average molecular weight is 277 g/mol. The lowest BCUT2D eigenvalue weighted by Crippen LogP contribution is -2.01. The lowest BCUT2D eigenvalue weighted by Gasteiger charge is -2.00. The molecule has 18 heavy (non-hydrogen) atoms. The van der Waals surface area contributed by atoms with E-state index in [0.717, 1.165) is 23.3 Å². The molecule has 0 unspecified atom stereocenters. The molecule has 0 spiro atoms. The van der Waals surface area contributed by atoms with Crippen molar-refractivity contribution in [1.29, 1.82) is 0 Å². The van der Waals surface area contributed by atoms with E-state index in [9.17, 15) is 4.79 Å². The maximum atomic E-state index is 12.2. The molecule has 1 aliphatic carbocycles. The summed E-state index contributed by atoms with van der Waals surface area (Å²) in [6.07, 6.45) is 3.96. The minimum atomic E-state index is 0.205. The Bertz CT molecular complexity index is 579. The second-order valence-corrected chi connectivity index (χ2v) is 6.22. The summed E-state index contributed by atoms with van der Waals surface area (Å²) in [4.78, 5) is 14.5. The zero-order chi connectivity index (χ0) is 12.5. The number of ketones is 1. The number of hydrogen-bond acceptors (Lipinski definition) is 2. The molecule has 3 rings (SSSR count). The van der Waals surface area contributed by atoms with E-state index in [1.54, 1.807) is 11.3 Å². The van der Waals surface area contributed by atoms with Gasteiger partial charge in [-0.25, -0.2) is 0 Å². The van der Waals surface area contributed by atoms with Crippen molar-refractivity contribution in [2.45, 2.75) is 25.7 Å². The van der Waals surface area contributed by atoms with Gasteiger partial charge >= 0.3 is 0 Å². The van der Waals surface area contributed by atoms with E-state index in [-0.39, 0.29) is 5.78 Å². The van der Waals surface area contributed by atoms with E-state index >= 15 is 0 Å². The highest BCUT2D eigenvalue weighted by atomic mass is 35.5. The third-order valence-corrected chi connectivity index (χ3v) is 4.79. The van der Waals surface area contributed by atoms with Crippen molar-refractivity contribution >= 4 is 28.7 Å². The van der Waals surface area contributed by atoms with Gasteiger partial charge in [0.15, 0.2) is 5.78 Å². The summed E-state index contributed by atoms with van der Waals surface area (Å²) >= 11 is 7.60. The molecule has 3 heteroatoms. The number of aryl methyl sites for hydroxylation is 2. The Morgan fingerprint density at radius 1 is 1.28 bits per heavy atom. The van der Waals surface area contributed by atoms with Crippen LogP contribution in [0.3, 0.4) is 0 Å². The van der Waals surface area contributed by atoms with Crippen LogP contribution in [-0.2, 0) is 19.3 Å². The van der Waals surface area contributed by atoms with Crippen LogP contribution in [0.2, 0.25) is 5.02 Å². The quantitative estimate of drug-likeness (QED) is 0.763. The fourth-order valence-corrected chi connectivity index (χ4v) is 3.79. The number of rotatable bonds is 3. The van der Waals surface area contributed by atoms with Crippen molar-refractivity contribution in [2.24, 2.45) is 0 Å². The van der Waals surface area contributed by atoms with Gasteiger partial charge in [0, 0.05) is 16.3 Å². The molecule has 0 N–H and O–H groups in total. The summed E-state index contributed by atoms with van der Waals surface area (Å²) in [5.74, 6) is 0.205. The van der Waals surface area contributed by atoms with Crippen LogP contribution in [0.4, 0.5) is 0 Å². The molecular weight excluding hydrogens is 264 g/mol. The molecule has 0 saturated heterocycles. The first-order valence-electron chi connectivity index (χ1n) is 6.11. The Morgan fingerprint density at radius 3 is 2.94 bits per heavy atom. The second-order valence-electron chi connectivity index (χ2n) is 4.64. The van der Waals surface area contributed by atoms with E-state index < -0.39 is 0 Å². The van der Waals surface area contributed by atoms with Crippen molar-refractivity contribution in [3.05, 3.63) is 56.2 Å². The van der Waals surface area contributed by atoms with E-state index in [1.165, 1.54) is 16.9 Å². The largest absolute Gasteiger partial charge is 0.293 e. The van der Waals surface area contributed by atoms with Crippen molar-refractivity contribution in [3.8, 4) is 0 Å². The smallest absolute Gasteiger partial charge is 0.177 e. The van der Waals surface area contributed by atoms with Crippen molar-refractivity contribution in [1.82, 2.24) is 0 Å². The summed E-state index contributed by atoms with van der Waals surface area (Å²) in [5.41, 5.74) is 2.37. The Labute approximate surface area is 115 Å². The minimum Gasteiger partial charge on any atom is -0.293 e. The Hall–Kier alpha value is -1.12. The molecule has 0 bridgehead atoms. The molecule has 0 amide bonds. The summed E-state index contributed by atoms with van der Waals surface area (Å²) in [7, 11) is 0. The van der Waals surface area contributed by atoms with Crippen LogP contribution in [-0.4, -0.2) is 5.78 Å². The number of thiophene rings is 1. The van der Waals surface area contributed by atoms with Gasteiger partial charge in [0.05, 0.1) is 4.88 Å². The van der Waals surface area contributed by atoms with Gasteiger partial charge in [-0.2, -0.15) is 0 Å². The zero-order valence-corrected chi connectivity index (χ0v) is 11.5. The van der Waals surface area contributed by atoms with E-state index in [0.29, 0.717) is 11.4 Å². The highest BCUT2D eigenvalue weighted by molar-refractivity contribution is 7.14. The number of benzene rings is 1. The Kier molecular flexibility index (Phi) is 3.23. The number of Topliss-reactive ketones (excluding diaryl/α,β-unsaturated/α-hetero) is 1. The summed E-state index contributed by atoms with van der Waals surface area (Å²) in [6, 6.07) is 9.61. The molecule has 2 aromatic rings.